The minimum atomic E-state index is -0.653. The molecule has 0 bridgehead atoms. The van der Waals surface area contributed by atoms with E-state index in [0.29, 0.717) is 6.42 Å². The monoisotopic (exact) mass is 456 g/mol. The molecule has 1 aromatic carbocycles. The summed E-state index contributed by atoms with van der Waals surface area (Å²) in [6.07, 6.45) is 20.7. The lowest BCUT2D eigenvalue weighted by Crippen LogP contribution is -2.20. The number of benzene rings is 1. The number of carbonyl (C=O) groups is 1. The molecule has 0 heterocycles. The van der Waals surface area contributed by atoms with Gasteiger partial charge in [-0.25, -0.2) is 0 Å². The predicted molar refractivity (Wildman–Crippen MR) is 135 cm³/mol. The Morgan fingerprint density at radius 3 is 2.61 bits per heavy atom. The third-order valence-corrected chi connectivity index (χ3v) is 6.96. The number of rotatable bonds is 16. The summed E-state index contributed by atoms with van der Waals surface area (Å²) < 4.78 is 0. The second kappa shape index (κ2) is 15.0. The molecule has 0 aromatic heterocycles. The standard InChI is InChI=1S/C29H44O4/c1-2-3-6-14-26(30)17-16-24(21-25-13-11-15-27(31)22-25)12-7-4-5-8-18-29(23-28(32)33)19-9-10-20-29/h11-13,15-17,22,26,30-31H,2-10,14,18-21,23H2,1H3,(H,32,33)/t26-/m0/s1. The number of allylic oxidation sites excluding steroid dienone is 3. The molecule has 1 aliphatic carbocycles. The summed E-state index contributed by atoms with van der Waals surface area (Å²) in [5.41, 5.74) is 2.26. The van der Waals surface area contributed by atoms with E-state index in [2.05, 4.69) is 13.0 Å². The summed E-state index contributed by atoms with van der Waals surface area (Å²) >= 11 is 0. The van der Waals surface area contributed by atoms with Gasteiger partial charge in [-0.3, -0.25) is 4.79 Å². The van der Waals surface area contributed by atoms with E-state index in [4.69, 9.17) is 0 Å². The summed E-state index contributed by atoms with van der Waals surface area (Å²) in [5.74, 6) is -0.377. The summed E-state index contributed by atoms with van der Waals surface area (Å²) in [7, 11) is 0. The van der Waals surface area contributed by atoms with Crippen LogP contribution in [0.2, 0.25) is 0 Å². The van der Waals surface area contributed by atoms with Gasteiger partial charge in [0.25, 0.3) is 0 Å². The number of hydrogen-bond donors (Lipinski definition) is 3. The maximum Gasteiger partial charge on any atom is 0.303 e. The van der Waals surface area contributed by atoms with Crippen molar-refractivity contribution in [1.29, 1.82) is 0 Å². The number of aromatic hydroxyl groups is 1. The molecule has 1 fully saturated rings. The van der Waals surface area contributed by atoms with Gasteiger partial charge in [-0.1, -0.05) is 82.2 Å². The highest BCUT2D eigenvalue weighted by molar-refractivity contribution is 5.67. The number of phenolic OH excluding ortho intramolecular Hbond substituents is 1. The average molecular weight is 457 g/mol. The van der Waals surface area contributed by atoms with E-state index in [-0.39, 0.29) is 11.2 Å². The fourth-order valence-corrected chi connectivity index (χ4v) is 5.11. The molecule has 1 saturated carbocycles. The molecule has 2 rings (SSSR count). The van der Waals surface area contributed by atoms with Crippen LogP contribution >= 0.6 is 0 Å². The first-order valence-corrected chi connectivity index (χ1v) is 13.0. The molecule has 1 atom stereocenters. The number of unbranched alkanes of at least 4 members (excludes halogenated alkanes) is 5. The molecule has 0 radical (unpaired) electrons. The van der Waals surface area contributed by atoms with Crippen LogP contribution in [0.3, 0.4) is 0 Å². The molecule has 4 heteroatoms. The molecule has 1 aliphatic rings. The Kier molecular flexibility index (Phi) is 12.3. The number of hydrogen-bond acceptors (Lipinski definition) is 3. The average Bonchev–Trinajstić information content (AvgIpc) is 3.22. The summed E-state index contributed by atoms with van der Waals surface area (Å²) in [5, 5.41) is 29.3. The number of carboxylic acids is 1. The Bertz CT molecular complexity index is 759. The van der Waals surface area contributed by atoms with Crippen LogP contribution in [0.4, 0.5) is 0 Å². The number of aliphatic hydroxyl groups is 1. The van der Waals surface area contributed by atoms with E-state index in [9.17, 15) is 20.1 Å². The van der Waals surface area contributed by atoms with Crippen molar-refractivity contribution >= 4 is 5.97 Å². The lowest BCUT2D eigenvalue weighted by atomic mass is 9.78. The molecule has 184 valence electrons. The molecule has 0 spiro atoms. The van der Waals surface area contributed by atoms with Crippen LogP contribution in [0.1, 0.15) is 102 Å². The topological polar surface area (TPSA) is 77.8 Å². The maximum atomic E-state index is 11.3. The van der Waals surface area contributed by atoms with Crippen LogP contribution in [0, 0.1) is 5.41 Å². The van der Waals surface area contributed by atoms with E-state index in [0.717, 1.165) is 88.2 Å². The van der Waals surface area contributed by atoms with Crippen molar-refractivity contribution in [2.24, 2.45) is 5.41 Å². The first-order valence-electron chi connectivity index (χ1n) is 13.0. The van der Waals surface area contributed by atoms with Gasteiger partial charge in [0.05, 0.1) is 12.5 Å². The van der Waals surface area contributed by atoms with E-state index in [1.165, 1.54) is 12.8 Å². The molecule has 4 nitrogen and oxygen atoms in total. The van der Waals surface area contributed by atoms with Crippen molar-refractivity contribution in [3.8, 4) is 5.75 Å². The predicted octanol–water partition coefficient (Wildman–Crippen LogP) is 7.34. The first-order chi connectivity index (χ1) is 15.9. The van der Waals surface area contributed by atoms with Gasteiger partial charge in [-0.2, -0.15) is 0 Å². The SMILES string of the molecule is CCCCC[C@H](O)C=CC(=CCCCCCC1(CC(=O)O)CCCC1)Cc1cccc(O)c1. The molecule has 1 aromatic rings. The fraction of sp³-hybridized carbons (Fsp3) is 0.621. The number of aliphatic hydroxyl groups excluding tert-OH is 1. The second-order valence-electron chi connectivity index (χ2n) is 9.92. The van der Waals surface area contributed by atoms with Gasteiger partial charge in [-0.15, -0.1) is 0 Å². The van der Waals surface area contributed by atoms with Gasteiger partial charge in [-0.05, 0) is 73.6 Å². The van der Waals surface area contributed by atoms with Gasteiger partial charge in [0.1, 0.15) is 5.75 Å². The van der Waals surface area contributed by atoms with Crippen molar-refractivity contribution in [1.82, 2.24) is 0 Å². The van der Waals surface area contributed by atoms with Gasteiger partial charge in [0.15, 0.2) is 0 Å². The molecule has 0 unspecified atom stereocenters. The van der Waals surface area contributed by atoms with Crippen LogP contribution in [0.5, 0.6) is 5.75 Å². The summed E-state index contributed by atoms with van der Waals surface area (Å²) in [6.45, 7) is 2.16. The van der Waals surface area contributed by atoms with Crippen molar-refractivity contribution in [2.75, 3.05) is 0 Å². The quantitative estimate of drug-likeness (QED) is 0.179. The Morgan fingerprint density at radius 2 is 1.91 bits per heavy atom. The highest BCUT2D eigenvalue weighted by atomic mass is 16.4. The summed E-state index contributed by atoms with van der Waals surface area (Å²) in [4.78, 5) is 11.3. The van der Waals surface area contributed by atoms with Gasteiger partial charge >= 0.3 is 5.97 Å². The van der Waals surface area contributed by atoms with Gasteiger partial charge < -0.3 is 15.3 Å². The van der Waals surface area contributed by atoms with E-state index < -0.39 is 12.1 Å². The zero-order chi connectivity index (χ0) is 23.9. The Balaban J connectivity index is 1.86. The number of phenols is 1. The molecule has 0 amide bonds. The van der Waals surface area contributed by atoms with Crippen LogP contribution < -0.4 is 0 Å². The number of carboxylic acid groups (broad SMARTS) is 1. The van der Waals surface area contributed by atoms with Crippen LogP contribution in [-0.2, 0) is 11.2 Å². The smallest absolute Gasteiger partial charge is 0.303 e. The van der Waals surface area contributed by atoms with Crippen molar-refractivity contribution in [3.63, 3.8) is 0 Å². The lowest BCUT2D eigenvalue weighted by Gasteiger charge is -2.27. The Labute approximate surface area is 200 Å². The Hall–Kier alpha value is -2.07. The van der Waals surface area contributed by atoms with Crippen molar-refractivity contribution in [3.05, 3.63) is 53.6 Å². The van der Waals surface area contributed by atoms with Crippen LogP contribution in [0.25, 0.3) is 0 Å². The van der Waals surface area contributed by atoms with Gasteiger partial charge in [0.2, 0.25) is 0 Å². The third-order valence-electron chi connectivity index (χ3n) is 6.96. The maximum absolute atomic E-state index is 11.3. The number of aliphatic carboxylic acids is 1. The lowest BCUT2D eigenvalue weighted by molar-refractivity contribution is -0.139. The minimum Gasteiger partial charge on any atom is -0.508 e. The zero-order valence-electron chi connectivity index (χ0n) is 20.5. The van der Waals surface area contributed by atoms with Crippen LogP contribution in [-0.4, -0.2) is 27.4 Å². The normalized spacial score (nSPS) is 17.0. The third kappa shape index (κ3) is 11.1. The van der Waals surface area contributed by atoms with Crippen molar-refractivity contribution in [2.45, 2.75) is 109 Å². The molecule has 33 heavy (non-hydrogen) atoms. The van der Waals surface area contributed by atoms with E-state index >= 15 is 0 Å². The van der Waals surface area contributed by atoms with Crippen LogP contribution in [0.15, 0.2) is 48.1 Å². The highest BCUT2D eigenvalue weighted by Gasteiger charge is 2.35. The molecule has 0 aliphatic heterocycles. The van der Waals surface area contributed by atoms with Gasteiger partial charge in [0, 0.05) is 0 Å². The molecular weight excluding hydrogens is 412 g/mol. The zero-order valence-corrected chi connectivity index (χ0v) is 20.5. The van der Waals surface area contributed by atoms with Crippen molar-refractivity contribution < 1.29 is 20.1 Å². The summed E-state index contributed by atoms with van der Waals surface area (Å²) in [6, 6.07) is 7.36. The Morgan fingerprint density at radius 1 is 1.12 bits per heavy atom. The largest absolute Gasteiger partial charge is 0.508 e. The molecular formula is C29H44O4. The highest BCUT2D eigenvalue weighted by Crippen LogP contribution is 2.45. The first kappa shape index (κ1) is 27.2. The fourth-order valence-electron chi connectivity index (χ4n) is 5.11. The van der Waals surface area contributed by atoms with E-state index in [1.807, 2.05) is 24.3 Å². The minimum absolute atomic E-state index is 0.0405. The molecule has 0 saturated heterocycles. The second-order valence-corrected chi connectivity index (χ2v) is 9.92. The molecule has 3 N–H and O–H groups in total. The van der Waals surface area contributed by atoms with E-state index in [1.54, 1.807) is 12.1 Å².